The van der Waals surface area contributed by atoms with Gasteiger partial charge in [0.15, 0.2) is 0 Å². The Morgan fingerprint density at radius 2 is 1.97 bits per heavy atom. The predicted octanol–water partition coefficient (Wildman–Crippen LogP) is 4.42. The topological polar surface area (TPSA) is 71.3 Å². The molecule has 1 amide bonds. The number of likely N-dealkylation sites (tertiary alicyclic amines) is 1. The Morgan fingerprint density at radius 1 is 1.20 bits per heavy atom. The normalized spacial score (nSPS) is 15.3. The molecule has 0 radical (unpaired) electrons. The summed E-state index contributed by atoms with van der Waals surface area (Å²) in [6.45, 7) is 2.46. The first-order valence-electron chi connectivity index (χ1n) is 9.94. The third kappa shape index (κ3) is 5.23. The Bertz CT molecular complexity index is 1000. The van der Waals surface area contributed by atoms with Crippen LogP contribution in [-0.4, -0.2) is 40.6 Å². The standard InChI is InChI=1S/C22H22ClFN4O2/c23-17-3-1-2-16(14-17)21-26-20(30-27-21)10-13-28-11-8-15(9-12-28)22(29)25-19-6-4-18(24)5-7-19/h1-7,14-15H,8-13H2,(H,25,29). The Morgan fingerprint density at radius 3 is 2.70 bits per heavy atom. The molecule has 1 aliphatic rings. The summed E-state index contributed by atoms with van der Waals surface area (Å²) in [7, 11) is 0. The van der Waals surface area contributed by atoms with E-state index in [0.29, 0.717) is 28.8 Å². The van der Waals surface area contributed by atoms with E-state index in [1.54, 1.807) is 24.3 Å². The number of nitrogens with one attached hydrogen (secondary N) is 1. The number of rotatable bonds is 6. The fraction of sp³-hybridized carbons (Fsp3) is 0.318. The van der Waals surface area contributed by atoms with Crippen molar-refractivity contribution in [3.05, 3.63) is 65.3 Å². The summed E-state index contributed by atoms with van der Waals surface area (Å²) in [5.41, 5.74) is 1.45. The summed E-state index contributed by atoms with van der Waals surface area (Å²) in [6, 6.07) is 13.2. The molecule has 1 N–H and O–H groups in total. The molecule has 4 rings (SSSR count). The van der Waals surface area contributed by atoms with Crippen molar-refractivity contribution in [2.75, 3.05) is 25.0 Å². The van der Waals surface area contributed by atoms with Gasteiger partial charge in [-0.05, 0) is 62.3 Å². The molecule has 30 heavy (non-hydrogen) atoms. The molecular weight excluding hydrogens is 407 g/mol. The van der Waals surface area contributed by atoms with Crippen LogP contribution in [0.2, 0.25) is 5.02 Å². The molecule has 0 saturated carbocycles. The quantitative estimate of drug-likeness (QED) is 0.629. The molecule has 0 aliphatic carbocycles. The minimum Gasteiger partial charge on any atom is -0.339 e. The highest BCUT2D eigenvalue weighted by molar-refractivity contribution is 6.30. The van der Waals surface area contributed by atoms with Crippen molar-refractivity contribution in [3.8, 4) is 11.4 Å². The Kier molecular flexibility index (Phi) is 6.40. The number of halogens is 2. The van der Waals surface area contributed by atoms with Crippen molar-refractivity contribution >= 4 is 23.2 Å². The van der Waals surface area contributed by atoms with Gasteiger partial charge in [0, 0.05) is 35.2 Å². The van der Waals surface area contributed by atoms with E-state index in [1.165, 1.54) is 12.1 Å². The number of carbonyl (C=O) groups is 1. The number of piperidine rings is 1. The van der Waals surface area contributed by atoms with E-state index in [9.17, 15) is 9.18 Å². The molecule has 0 unspecified atom stereocenters. The Labute approximate surface area is 179 Å². The molecule has 0 bridgehead atoms. The number of benzene rings is 2. The van der Waals surface area contributed by atoms with E-state index in [4.69, 9.17) is 16.1 Å². The van der Waals surface area contributed by atoms with E-state index in [-0.39, 0.29) is 17.6 Å². The third-order valence-corrected chi connectivity index (χ3v) is 5.50. The first kappa shape index (κ1) is 20.5. The molecule has 3 aromatic rings. The second kappa shape index (κ2) is 9.36. The number of anilines is 1. The van der Waals surface area contributed by atoms with Crippen LogP contribution in [0.5, 0.6) is 0 Å². The fourth-order valence-electron chi connectivity index (χ4n) is 3.55. The van der Waals surface area contributed by atoms with Crippen LogP contribution >= 0.6 is 11.6 Å². The highest BCUT2D eigenvalue weighted by Crippen LogP contribution is 2.22. The molecule has 2 heterocycles. The maximum atomic E-state index is 13.0. The summed E-state index contributed by atoms with van der Waals surface area (Å²) in [4.78, 5) is 19.2. The molecule has 1 saturated heterocycles. The lowest BCUT2D eigenvalue weighted by Crippen LogP contribution is -2.39. The summed E-state index contributed by atoms with van der Waals surface area (Å²) in [5.74, 6) is 0.750. The highest BCUT2D eigenvalue weighted by atomic mass is 35.5. The molecule has 1 aliphatic heterocycles. The summed E-state index contributed by atoms with van der Waals surface area (Å²) < 4.78 is 18.3. The Balaban J connectivity index is 1.23. The zero-order valence-electron chi connectivity index (χ0n) is 16.4. The van der Waals surface area contributed by atoms with Gasteiger partial charge >= 0.3 is 0 Å². The third-order valence-electron chi connectivity index (χ3n) is 5.26. The SMILES string of the molecule is O=C(Nc1ccc(F)cc1)C1CCN(CCc2nc(-c3cccc(Cl)c3)no2)CC1. The smallest absolute Gasteiger partial charge is 0.228 e. The number of aromatic nitrogens is 2. The van der Waals surface area contributed by atoms with Gasteiger partial charge in [-0.25, -0.2) is 4.39 Å². The average Bonchev–Trinajstić information content (AvgIpc) is 3.23. The summed E-state index contributed by atoms with van der Waals surface area (Å²) in [5, 5.41) is 7.53. The van der Waals surface area contributed by atoms with Gasteiger partial charge in [-0.1, -0.05) is 28.9 Å². The minimum atomic E-state index is -0.317. The van der Waals surface area contributed by atoms with Crippen LogP contribution < -0.4 is 5.32 Å². The molecule has 0 spiro atoms. The van der Waals surface area contributed by atoms with E-state index in [0.717, 1.165) is 38.0 Å². The van der Waals surface area contributed by atoms with Gasteiger partial charge in [-0.3, -0.25) is 4.79 Å². The van der Waals surface area contributed by atoms with Crippen LogP contribution in [0.4, 0.5) is 10.1 Å². The van der Waals surface area contributed by atoms with E-state index in [1.807, 2.05) is 12.1 Å². The molecule has 1 fully saturated rings. The lowest BCUT2D eigenvalue weighted by atomic mass is 9.95. The maximum Gasteiger partial charge on any atom is 0.228 e. The fourth-order valence-corrected chi connectivity index (χ4v) is 3.74. The van der Waals surface area contributed by atoms with Gasteiger partial charge in [0.1, 0.15) is 5.82 Å². The zero-order valence-corrected chi connectivity index (χ0v) is 17.1. The summed E-state index contributed by atoms with van der Waals surface area (Å²) >= 11 is 6.01. The molecule has 0 atom stereocenters. The molecule has 2 aromatic carbocycles. The summed E-state index contributed by atoms with van der Waals surface area (Å²) in [6.07, 6.45) is 2.22. The van der Waals surface area contributed by atoms with Crippen LogP contribution in [0, 0.1) is 11.7 Å². The van der Waals surface area contributed by atoms with Crippen molar-refractivity contribution < 1.29 is 13.7 Å². The van der Waals surface area contributed by atoms with Crippen molar-refractivity contribution in [2.24, 2.45) is 5.92 Å². The number of hydrogen-bond donors (Lipinski definition) is 1. The lowest BCUT2D eigenvalue weighted by Gasteiger charge is -2.30. The van der Waals surface area contributed by atoms with Crippen molar-refractivity contribution in [2.45, 2.75) is 19.3 Å². The first-order chi connectivity index (χ1) is 14.6. The zero-order chi connectivity index (χ0) is 20.9. The van der Waals surface area contributed by atoms with Gasteiger partial charge in [0.2, 0.25) is 17.6 Å². The number of carbonyl (C=O) groups excluding carboxylic acids is 1. The van der Waals surface area contributed by atoms with Gasteiger partial charge in [0.05, 0.1) is 0 Å². The van der Waals surface area contributed by atoms with Crippen molar-refractivity contribution in [1.82, 2.24) is 15.0 Å². The molecular formula is C22H22ClFN4O2. The molecule has 8 heteroatoms. The molecule has 1 aromatic heterocycles. The van der Waals surface area contributed by atoms with Crippen LogP contribution in [0.1, 0.15) is 18.7 Å². The van der Waals surface area contributed by atoms with E-state index >= 15 is 0 Å². The van der Waals surface area contributed by atoms with Crippen molar-refractivity contribution in [3.63, 3.8) is 0 Å². The maximum absolute atomic E-state index is 13.0. The van der Waals surface area contributed by atoms with Crippen LogP contribution in [0.25, 0.3) is 11.4 Å². The number of nitrogens with zero attached hydrogens (tertiary/aromatic N) is 3. The van der Waals surface area contributed by atoms with E-state index in [2.05, 4.69) is 20.4 Å². The van der Waals surface area contributed by atoms with Crippen molar-refractivity contribution in [1.29, 1.82) is 0 Å². The first-order valence-corrected chi connectivity index (χ1v) is 10.3. The minimum absolute atomic E-state index is 0.00989. The van der Waals surface area contributed by atoms with Gasteiger partial charge in [-0.15, -0.1) is 0 Å². The van der Waals surface area contributed by atoms with Crippen LogP contribution in [-0.2, 0) is 11.2 Å². The highest BCUT2D eigenvalue weighted by Gasteiger charge is 2.25. The molecule has 156 valence electrons. The monoisotopic (exact) mass is 428 g/mol. The average molecular weight is 429 g/mol. The van der Waals surface area contributed by atoms with Gasteiger partial charge < -0.3 is 14.7 Å². The largest absolute Gasteiger partial charge is 0.339 e. The van der Waals surface area contributed by atoms with Gasteiger partial charge in [0.25, 0.3) is 0 Å². The predicted molar refractivity (Wildman–Crippen MR) is 113 cm³/mol. The molecule has 6 nitrogen and oxygen atoms in total. The lowest BCUT2D eigenvalue weighted by molar-refractivity contribution is -0.121. The number of amides is 1. The van der Waals surface area contributed by atoms with Crippen LogP contribution in [0.15, 0.2) is 53.1 Å². The Hall–Kier alpha value is -2.77. The van der Waals surface area contributed by atoms with Crippen LogP contribution in [0.3, 0.4) is 0 Å². The number of hydrogen-bond acceptors (Lipinski definition) is 5. The van der Waals surface area contributed by atoms with Gasteiger partial charge in [-0.2, -0.15) is 4.98 Å². The van der Waals surface area contributed by atoms with E-state index < -0.39 is 0 Å². The second-order valence-electron chi connectivity index (χ2n) is 7.38. The second-order valence-corrected chi connectivity index (χ2v) is 7.82.